The number of ether oxygens (including phenoxy) is 3. The number of hydrogen-bond donors (Lipinski definition) is 2. The third kappa shape index (κ3) is 6.60. The molecule has 230 valence electrons. The van der Waals surface area contributed by atoms with E-state index < -0.39 is 53.0 Å². The molecule has 0 spiro atoms. The number of amides is 3. The number of alkyl carbamates (subject to hydrolysis) is 1. The Kier molecular flexibility index (Phi) is 9.00. The SMILES string of the molecule is COC1=C(C(=O)OC(c2ccccc2)c2ccccc2)N2C(=O)[C@@H](NC(=O)C(NC(=O)OC(C)(C)C)c3ccco3)[C@@H]2SC1. The van der Waals surface area contributed by atoms with Gasteiger partial charge in [0, 0.05) is 0 Å². The Labute approximate surface area is 258 Å². The number of thioether (sulfide) groups is 1. The fourth-order valence-corrected chi connectivity index (χ4v) is 6.18. The molecule has 1 aromatic heterocycles. The molecule has 2 aromatic carbocycles. The monoisotopic (exact) mass is 619 g/mol. The average molecular weight is 620 g/mol. The Bertz CT molecular complexity index is 1500. The van der Waals surface area contributed by atoms with Gasteiger partial charge in [-0.05, 0) is 44.0 Å². The number of nitrogens with one attached hydrogen (secondary N) is 2. The summed E-state index contributed by atoms with van der Waals surface area (Å²) >= 11 is 1.33. The van der Waals surface area contributed by atoms with E-state index in [9.17, 15) is 19.2 Å². The van der Waals surface area contributed by atoms with Crippen LogP contribution in [0.25, 0.3) is 0 Å². The van der Waals surface area contributed by atoms with Gasteiger partial charge in [0.2, 0.25) is 0 Å². The van der Waals surface area contributed by atoms with Gasteiger partial charge < -0.3 is 29.3 Å². The third-order valence-corrected chi connectivity index (χ3v) is 8.10. The summed E-state index contributed by atoms with van der Waals surface area (Å²) in [4.78, 5) is 54.5. The van der Waals surface area contributed by atoms with Crippen LogP contribution in [0.4, 0.5) is 4.79 Å². The van der Waals surface area contributed by atoms with Crippen LogP contribution < -0.4 is 10.6 Å². The molecule has 11 nitrogen and oxygen atoms in total. The number of nitrogens with zero attached hydrogens (tertiary/aromatic N) is 1. The molecule has 3 atom stereocenters. The van der Waals surface area contributed by atoms with Crippen molar-refractivity contribution in [3.63, 3.8) is 0 Å². The highest BCUT2D eigenvalue weighted by molar-refractivity contribution is 8.00. The minimum Gasteiger partial charge on any atom is -0.498 e. The lowest BCUT2D eigenvalue weighted by Crippen LogP contribution is -2.71. The van der Waals surface area contributed by atoms with Crippen molar-refractivity contribution in [2.24, 2.45) is 0 Å². The van der Waals surface area contributed by atoms with E-state index in [1.165, 1.54) is 36.1 Å². The van der Waals surface area contributed by atoms with E-state index in [1.54, 1.807) is 26.8 Å². The van der Waals surface area contributed by atoms with E-state index in [0.717, 1.165) is 11.1 Å². The third-order valence-electron chi connectivity index (χ3n) is 6.85. The minimum absolute atomic E-state index is 0.0157. The Morgan fingerprint density at radius 1 is 0.977 bits per heavy atom. The van der Waals surface area contributed by atoms with E-state index in [-0.39, 0.29) is 23.0 Å². The predicted octanol–water partition coefficient (Wildman–Crippen LogP) is 4.44. The normalized spacial score (nSPS) is 18.6. The number of furan rings is 1. The molecule has 3 heterocycles. The van der Waals surface area contributed by atoms with Crippen LogP contribution in [0.5, 0.6) is 0 Å². The number of fused-ring (bicyclic) bond motifs is 1. The van der Waals surface area contributed by atoms with Gasteiger partial charge in [-0.3, -0.25) is 14.5 Å². The van der Waals surface area contributed by atoms with Gasteiger partial charge in [-0.15, -0.1) is 11.8 Å². The lowest BCUT2D eigenvalue weighted by atomic mass is 10.0. The van der Waals surface area contributed by atoms with Crippen molar-refractivity contribution in [3.8, 4) is 0 Å². The molecule has 3 amide bonds. The van der Waals surface area contributed by atoms with Crippen molar-refractivity contribution >= 4 is 35.6 Å². The molecule has 2 aliphatic heterocycles. The lowest BCUT2D eigenvalue weighted by molar-refractivity contribution is -0.155. The van der Waals surface area contributed by atoms with Crippen LogP contribution in [-0.4, -0.2) is 58.7 Å². The van der Waals surface area contributed by atoms with Crippen LogP contribution in [0.2, 0.25) is 0 Å². The summed E-state index contributed by atoms with van der Waals surface area (Å²) in [5.74, 6) is -1.22. The van der Waals surface area contributed by atoms with Crippen LogP contribution in [0.15, 0.2) is 94.9 Å². The first-order valence-corrected chi connectivity index (χ1v) is 15.0. The molecule has 0 bridgehead atoms. The fraction of sp³-hybridized carbons (Fsp3) is 0.312. The number of hydrogen-bond acceptors (Lipinski definition) is 9. The highest BCUT2D eigenvalue weighted by Crippen LogP contribution is 2.42. The van der Waals surface area contributed by atoms with Gasteiger partial charge in [0.25, 0.3) is 11.8 Å². The highest BCUT2D eigenvalue weighted by Gasteiger charge is 2.55. The quantitative estimate of drug-likeness (QED) is 0.263. The molecular formula is C32H33N3O8S. The topological polar surface area (TPSA) is 136 Å². The van der Waals surface area contributed by atoms with Gasteiger partial charge >= 0.3 is 12.1 Å². The van der Waals surface area contributed by atoms with Crippen molar-refractivity contribution in [1.29, 1.82) is 0 Å². The van der Waals surface area contributed by atoms with E-state index in [4.69, 9.17) is 18.6 Å². The van der Waals surface area contributed by atoms with Crippen LogP contribution in [-0.2, 0) is 28.6 Å². The molecule has 0 aliphatic carbocycles. The molecule has 44 heavy (non-hydrogen) atoms. The van der Waals surface area contributed by atoms with Crippen molar-refractivity contribution in [3.05, 3.63) is 107 Å². The van der Waals surface area contributed by atoms with Gasteiger partial charge in [-0.1, -0.05) is 60.7 Å². The van der Waals surface area contributed by atoms with Crippen molar-refractivity contribution < 1.29 is 37.8 Å². The van der Waals surface area contributed by atoms with Crippen molar-refractivity contribution in [1.82, 2.24) is 15.5 Å². The molecule has 1 saturated heterocycles. The van der Waals surface area contributed by atoms with Crippen LogP contribution in [0.3, 0.4) is 0 Å². The Balaban J connectivity index is 1.34. The smallest absolute Gasteiger partial charge is 0.408 e. The first kappa shape index (κ1) is 30.7. The number of benzene rings is 2. The van der Waals surface area contributed by atoms with Gasteiger partial charge in [0.1, 0.15) is 28.5 Å². The summed E-state index contributed by atoms with van der Waals surface area (Å²) in [5.41, 5.74) is 0.705. The molecule has 2 N–H and O–H groups in total. The van der Waals surface area contributed by atoms with E-state index in [1.807, 2.05) is 60.7 Å². The molecule has 3 aromatic rings. The largest absolute Gasteiger partial charge is 0.498 e. The maximum atomic E-state index is 13.8. The molecule has 12 heteroatoms. The van der Waals surface area contributed by atoms with Gasteiger partial charge in [-0.25, -0.2) is 9.59 Å². The maximum Gasteiger partial charge on any atom is 0.408 e. The maximum absolute atomic E-state index is 13.8. The van der Waals surface area contributed by atoms with Crippen molar-refractivity contribution in [2.75, 3.05) is 12.9 Å². The highest BCUT2D eigenvalue weighted by atomic mass is 32.2. The van der Waals surface area contributed by atoms with Crippen LogP contribution in [0, 0.1) is 0 Å². The summed E-state index contributed by atoms with van der Waals surface area (Å²) in [6.07, 6.45) is -0.192. The second-order valence-electron chi connectivity index (χ2n) is 11.1. The molecule has 5 rings (SSSR count). The first-order chi connectivity index (χ1) is 21.1. The Morgan fingerprint density at radius 2 is 1.61 bits per heavy atom. The van der Waals surface area contributed by atoms with E-state index in [0.29, 0.717) is 0 Å². The van der Waals surface area contributed by atoms with Gasteiger partial charge in [0.15, 0.2) is 17.8 Å². The number of esters is 1. The fourth-order valence-electron chi connectivity index (χ4n) is 4.87. The minimum atomic E-state index is -1.26. The summed E-state index contributed by atoms with van der Waals surface area (Å²) in [6.45, 7) is 5.09. The summed E-state index contributed by atoms with van der Waals surface area (Å²) < 4.78 is 22.2. The average Bonchev–Trinajstić information content (AvgIpc) is 3.55. The van der Waals surface area contributed by atoms with Crippen LogP contribution in [0.1, 0.15) is 49.8 Å². The predicted molar refractivity (Wildman–Crippen MR) is 161 cm³/mol. The second-order valence-corrected chi connectivity index (χ2v) is 12.2. The van der Waals surface area contributed by atoms with Gasteiger partial charge in [0.05, 0.1) is 19.1 Å². The van der Waals surface area contributed by atoms with E-state index >= 15 is 0 Å². The number of β-lactam (4-membered cyclic amide) rings is 1. The summed E-state index contributed by atoms with van der Waals surface area (Å²) in [7, 11) is 1.43. The molecule has 0 radical (unpaired) electrons. The molecule has 2 aliphatic rings. The number of carbonyl (C=O) groups is 4. The zero-order chi connectivity index (χ0) is 31.4. The molecule has 1 fully saturated rings. The van der Waals surface area contributed by atoms with Crippen LogP contribution >= 0.6 is 11.8 Å². The van der Waals surface area contributed by atoms with Gasteiger partial charge in [-0.2, -0.15) is 0 Å². The standard InChI is InChI=1S/C32H33N3O8S/c1-32(2,3)43-31(39)34-23(21-16-11-17-41-21)27(36)33-24-28(37)35-25(22(40-4)18-44-29(24)35)30(38)42-26(19-12-7-5-8-13-19)20-14-9-6-10-15-20/h5-17,23-24,26,29H,18H2,1-4H3,(H,33,36)(H,34,39)/t23?,24-,29+/m1/s1. The molecular weight excluding hydrogens is 586 g/mol. The summed E-state index contributed by atoms with van der Waals surface area (Å²) in [5, 5.41) is 4.61. The van der Waals surface area contributed by atoms with E-state index in [2.05, 4.69) is 10.6 Å². The number of carbonyl (C=O) groups excluding carboxylic acids is 4. The summed E-state index contributed by atoms with van der Waals surface area (Å²) in [6, 6.07) is 19.5. The second kappa shape index (κ2) is 12.9. The number of methoxy groups -OCH3 is 1. The lowest BCUT2D eigenvalue weighted by Gasteiger charge is -2.49. The zero-order valence-corrected chi connectivity index (χ0v) is 25.5. The molecule has 0 saturated carbocycles. The van der Waals surface area contributed by atoms with Crippen molar-refractivity contribution in [2.45, 2.75) is 49.9 Å². The Hall–Kier alpha value is -4.71. The Morgan fingerprint density at radius 3 is 2.16 bits per heavy atom. The zero-order valence-electron chi connectivity index (χ0n) is 24.6. The first-order valence-electron chi connectivity index (χ1n) is 13.9. The molecule has 1 unspecified atom stereocenters. The number of rotatable bonds is 9.